The van der Waals surface area contributed by atoms with Gasteiger partial charge in [-0.1, -0.05) is 50.2 Å². The van der Waals surface area contributed by atoms with E-state index in [1.54, 1.807) is 6.07 Å². The van der Waals surface area contributed by atoms with Gasteiger partial charge in [-0.3, -0.25) is 0 Å². The molecule has 2 N–H and O–H groups in total. The lowest BCUT2D eigenvalue weighted by atomic mass is 9.78. The van der Waals surface area contributed by atoms with Crippen LogP contribution in [0.3, 0.4) is 0 Å². The minimum absolute atomic E-state index is 0.0996. The first-order valence-electron chi connectivity index (χ1n) is 10.4. The molecule has 0 aliphatic carbocycles. The van der Waals surface area contributed by atoms with Crippen molar-refractivity contribution in [3.8, 4) is 17.2 Å². The highest BCUT2D eigenvalue weighted by molar-refractivity contribution is 5.90. The van der Waals surface area contributed by atoms with Crippen molar-refractivity contribution < 1.29 is 24.5 Å². The number of rotatable bonds is 10. The highest BCUT2D eigenvalue weighted by Crippen LogP contribution is 2.35. The summed E-state index contributed by atoms with van der Waals surface area (Å²) in [5.74, 6) is 0.310. The molecular formula is C26H28O5. The van der Waals surface area contributed by atoms with Crippen LogP contribution in [0.1, 0.15) is 48.2 Å². The molecule has 3 aromatic carbocycles. The molecule has 0 atom stereocenters. The fourth-order valence-corrected chi connectivity index (χ4v) is 3.34. The van der Waals surface area contributed by atoms with Crippen LogP contribution in [0.15, 0.2) is 72.8 Å². The Morgan fingerprint density at radius 2 is 1.35 bits per heavy atom. The Morgan fingerprint density at radius 3 is 1.90 bits per heavy atom. The van der Waals surface area contributed by atoms with Crippen LogP contribution in [0, 0.1) is 0 Å². The summed E-state index contributed by atoms with van der Waals surface area (Å²) in [6.07, 6.45) is 1.81. The molecule has 0 saturated heterocycles. The van der Waals surface area contributed by atoms with E-state index in [2.05, 4.69) is 0 Å². The van der Waals surface area contributed by atoms with Crippen LogP contribution in [0.2, 0.25) is 0 Å². The largest absolute Gasteiger partial charge is 0.507 e. The van der Waals surface area contributed by atoms with Crippen molar-refractivity contribution in [1.82, 2.24) is 0 Å². The SMILES string of the molecule is CC(C)(c1ccc(OCCCCOc2ccccc2)cc1)c1ccc(C(=O)O)c(O)c1. The molecular weight excluding hydrogens is 392 g/mol. The minimum Gasteiger partial charge on any atom is -0.507 e. The third-order valence-electron chi connectivity index (χ3n) is 5.35. The number of benzene rings is 3. The Balaban J connectivity index is 1.51. The van der Waals surface area contributed by atoms with Crippen molar-refractivity contribution in [2.45, 2.75) is 32.1 Å². The number of phenols is 1. The smallest absolute Gasteiger partial charge is 0.339 e. The van der Waals surface area contributed by atoms with E-state index in [-0.39, 0.29) is 11.3 Å². The minimum atomic E-state index is -1.14. The normalized spacial score (nSPS) is 11.2. The van der Waals surface area contributed by atoms with E-state index in [1.807, 2.05) is 68.4 Å². The number of ether oxygens (including phenoxy) is 2. The van der Waals surface area contributed by atoms with Crippen LogP contribution < -0.4 is 9.47 Å². The van der Waals surface area contributed by atoms with Crippen molar-refractivity contribution >= 4 is 5.97 Å². The second kappa shape index (κ2) is 10.0. The van der Waals surface area contributed by atoms with Crippen molar-refractivity contribution in [1.29, 1.82) is 0 Å². The first kappa shape index (κ1) is 22.2. The number of carboxylic acid groups (broad SMARTS) is 1. The lowest BCUT2D eigenvalue weighted by Crippen LogP contribution is -2.19. The van der Waals surface area contributed by atoms with Crippen LogP contribution in [0.5, 0.6) is 17.2 Å². The second-order valence-electron chi connectivity index (χ2n) is 7.90. The maximum Gasteiger partial charge on any atom is 0.339 e. The van der Waals surface area contributed by atoms with Crippen molar-refractivity contribution in [3.63, 3.8) is 0 Å². The van der Waals surface area contributed by atoms with E-state index in [4.69, 9.17) is 14.6 Å². The van der Waals surface area contributed by atoms with Gasteiger partial charge >= 0.3 is 5.97 Å². The molecule has 5 nitrogen and oxygen atoms in total. The third kappa shape index (κ3) is 5.79. The highest BCUT2D eigenvalue weighted by atomic mass is 16.5. The molecule has 0 heterocycles. The Hall–Kier alpha value is -3.47. The van der Waals surface area contributed by atoms with Gasteiger partial charge in [0.2, 0.25) is 0 Å². The number of aromatic carboxylic acids is 1. The molecule has 3 rings (SSSR count). The van der Waals surface area contributed by atoms with E-state index in [9.17, 15) is 9.90 Å². The average Bonchev–Trinajstić information content (AvgIpc) is 2.77. The predicted octanol–water partition coefficient (Wildman–Crippen LogP) is 5.65. The number of carbonyl (C=O) groups is 1. The van der Waals surface area contributed by atoms with Gasteiger partial charge in [0.15, 0.2) is 0 Å². The molecule has 0 aliphatic rings. The topological polar surface area (TPSA) is 76.0 Å². The molecule has 162 valence electrons. The van der Waals surface area contributed by atoms with Gasteiger partial charge in [-0.25, -0.2) is 4.79 Å². The lowest BCUT2D eigenvalue weighted by molar-refractivity contribution is 0.0693. The summed E-state index contributed by atoms with van der Waals surface area (Å²) in [5.41, 5.74) is 1.38. The maximum absolute atomic E-state index is 11.1. The zero-order valence-corrected chi connectivity index (χ0v) is 17.9. The standard InChI is InChI=1S/C26H28O5/c1-26(2,20-12-15-23(25(28)29)24(27)18-20)19-10-13-22(14-11-19)31-17-7-6-16-30-21-8-4-3-5-9-21/h3-5,8-15,18,27H,6-7,16-17H2,1-2H3,(H,28,29). The van der Waals surface area contributed by atoms with Gasteiger partial charge in [0.05, 0.1) is 13.2 Å². The molecule has 5 heteroatoms. The predicted molar refractivity (Wildman–Crippen MR) is 120 cm³/mol. The maximum atomic E-state index is 11.1. The summed E-state index contributed by atoms with van der Waals surface area (Å²) in [6.45, 7) is 5.34. The van der Waals surface area contributed by atoms with Gasteiger partial charge in [-0.15, -0.1) is 0 Å². The molecule has 0 aliphatic heterocycles. The fourth-order valence-electron chi connectivity index (χ4n) is 3.34. The van der Waals surface area contributed by atoms with E-state index in [0.717, 1.165) is 35.5 Å². The molecule has 0 fully saturated rings. The molecule has 3 aromatic rings. The summed E-state index contributed by atoms with van der Waals surface area (Å²) >= 11 is 0. The van der Waals surface area contributed by atoms with Crippen LogP contribution in [0.4, 0.5) is 0 Å². The number of hydrogen-bond donors (Lipinski definition) is 2. The van der Waals surface area contributed by atoms with Crippen LogP contribution in [-0.2, 0) is 5.41 Å². The van der Waals surface area contributed by atoms with Crippen LogP contribution in [0.25, 0.3) is 0 Å². The Kier molecular flexibility index (Phi) is 7.19. The van der Waals surface area contributed by atoms with Crippen LogP contribution in [-0.4, -0.2) is 29.4 Å². The van der Waals surface area contributed by atoms with Gasteiger partial charge in [0, 0.05) is 5.41 Å². The first-order chi connectivity index (χ1) is 14.9. The quantitative estimate of drug-likeness (QED) is 0.414. The van der Waals surface area contributed by atoms with Gasteiger partial charge < -0.3 is 19.7 Å². The van der Waals surface area contributed by atoms with Gasteiger partial charge in [0.1, 0.15) is 22.8 Å². The van der Waals surface area contributed by atoms with Gasteiger partial charge in [-0.2, -0.15) is 0 Å². The summed E-state index contributed by atoms with van der Waals surface area (Å²) in [4.78, 5) is 11.1. The second-order valence-corrected chi connectivity index (χ2v) is 7.90. The molecule has 0 bridgehead atoms. The zero-order valence-electron chi connectivity index (χ0n) is 17.9. The number of unbranched alkanes of at least 4 members (excludes halogenated alkanes) is 1. The molecule has 0 spiro atoms. The highest BCUT2D eigenvalue weighted by Gasteiger charge is 2.25. The molecule has 0 radical (unpaired) electrons. The first-order valence-corrected chi connectivity index (χ1v) is 10.4. The lowest BCUT2D eigenvalue weighted by Gasteiger charge is -2.26. The Morgan fingerprint density at radius 1 is 0.806 bits per heavy atom. The van der Waals surface area contributed by atoms with Crippen LogP contribution >= 0.6 is 0 Å². The van der Waals surface area contributed by atoms with Crippen molar-refractivity contribution in [2.24, 2.45) is 0 Å². The number of carboxylic acids is 1. The number of hydrogen-bond acceptors (Lipinski definition) is 4. The van der Waals surface area contributed by atoms with Crippen molar-refractivity contribution in [2.75, 3.05) is 13.2 Å². The molecule has 0 amide bonds. The summed E-state index contributed by atoms with van der Waals surface area (Å²) in [7, 11) is 0. The molecule has 0 saturated carbocycles. The summed E-state index contributed by atoms with van der Waals surface area (Å²) in [6, 6.07) is 22.3. The zero-order chi connectivity index (χ0) is 22.3. The van der Waals surface area contributed by atoms with E-state index < -0.39 is 11.4 Å². The molecule has 0 unspecified atom stereocenters. The molecule has 31 heavy (non-hydrogen) atoms. The number of para-hydroxylation sites is 1. The fraction of sp³-hybridized carbons (Fsp3) is 0.269. The molecule has 0 aromatic heterocycles. The van der Waals surface area contributed by atoms with E-state index in [0.29, 0.717) is 13.2 Å². The summed E-state index contributed by atoms with van der Waals surface area (Å²) in [5, 5.41) is 19.1. The Bertz CT molecular complexity index is 994. The van der Waals surface area contributed by atoms with Gasteiger partial charge in [-0.05, 0) is 60.4 Å². The van der Waals surface area contributed by atoms with E-state index in [1.165, 1.54) is 12.1 Å². The third-order valence-corrected chi connectivity index (χ3v) is 5.35. The monoisotopic (exact) mass is 420 g/mol. The average molecular weight is 421 g/mol. The van der Waals surface area contributed by atoms with Gasteiger partial charge in [0.25, 0.3) is 0 Å². The van der Waals surface area contributed by atoms with Crippen molar-refractivity contribution in [3.05, 3.63) is 89.5 Å². The summed E-state index contributed by atoms with van der Waals surface area (Å²) < 4.78 is 11.5. The van der Waals surface area contributed by atoms with E-state index >= 15 is 0 Å². The number of aromatic hydroxyl groups is 1. The Labute approximate surface area is 182 Å².